The van der Waals surface area contributed by atoms with Crippen LogP contribution in [-0.2, 0) is 11.2 Å². The summed E-state index contributed by atoms with van der Waals surface area (Å²) in [6, 6.07) is 14.0. The van der Waals surface area contributed by atoms with Crippen LogP contribution in [-0.4, -0.2) is 22.5 Å². The Balaban J connectivity index is 1.63. The lowest BCUT2D eigenvalue weighted by atomic mass is 10.1. The molecule has 1 amide bonds. The number of aromatic nitrogens is 1. The molecule has 0 radical (unpaired) electrons. The molecule has 0 aliphatic carbocycles. The highest BCUT2D eigenvalue weighted by Crippen LogP contribution is 2.29. The van der Waals surface area contributed by atoms with E-state index in [-0.39, 0.29) is 5.91 Å². The highest BCUT2D eigenvalue weighted by atomic mass is 32.2. The summed E-state index contributed by atoms with van der Waals surface area (Å²) in [5.74, 6) is 0.0493. The van der Waals surface area contributed by atoms with Gasteiger partial charge in [0.25, 0.3) is 0 Å². The molecule has 1 aromatic carbocycles. The van der Waals surface area contributed by atoms with Crippen LogP contribution in [0.25, 0.3) is 0 Å². The van der Waals surface area contributed by atoms with Crippen molar-refractivity contribution >= 4 is 22.7 Å². The van der Waals surface area contributed by atoms with Gasteiger partial charge in [-0.2, -0.15) is 0 Å². The van der Waals surface area contributed by atoms with Gasteiger partial charge in [-0.1, -0.05) is 49.0 Å². The normalized spacial score (nSPS) is 14.2. The van der Waals surface area contributed by atoms with Gasteiger partial charge in [0.15, 0.2) is 0 Å². The Morgan fingerprint density at radius 3 is 2.64 bits per heavy atom. The predicted molar refractivity (Wildman–Crippen MR) is 103 cm³/mol. The Kier molecular flexibility index (Phi) is 6.01. The van der Waals surface area contributed by atoms with Gasteiger partial charge in [-0.3, -0.25) is 14.8 Å². The first-order valence-electron chi connectivity index (χ1n) is 8.44. The fourth-order valence-electron chi connectivity index (χ4n) is 2.56. The number of carbonyl (C=O) groups excluding carboxylic acids is 1. The molecule has 0 unspecified atom stereocenters. The topological polar surface area (TPSA) is 54.4 Å². The average molecular weight is 351 g/mol. The molecule has 1 aromatic heterocycles. The fraction of sp³-hybridized carbons (Fsp3) is 0.250. The van der Waals surface area contributed by atoms with Gasteiger partial charge in [0.1, 0.15) is 5.04 Å². The monoisotopic (exact) mass is 351 g/mol. The summed E-state index contributed by atoms with van der Waals surface area (Å²) < 4.78 is 0. The van der Waals surface area contributed by atoms with E-state index in [0.29, 0.717) is 13.0 Å². The van der Waals surface area contributed by atoms with E-state index in [4.69, 9.17) is 0 Å². The van der Waals surface area contributed by atoms with Crippen LogP contribution < -0.4 is 5.32 Å². The van der Waals surface area contributed by atoms with E-state index in [0.717, 1.165) is 28.5 Å². The van der Waals surface area contributed by atoms with E-state index >= 15 is 0 Å². The first kappa shape index (κ1) is 17.4. The van der Waals surface area contributed by atoms with Gasteiger partial charge in [0, 0.05) is 24.4 Å². The van der Waals surface area contributed by atoms with Gasteiger partial charge in [-0.05, 0) is 36.1 Å². The minimum Gasteiger partial charge on any atom is -0.320 e. The standard InChI is InChI=1S/C20H21N3OS/c1-2-16-14-22-19(17-10-12-21-13-11-17)25-20(16)23-18(24)9-8-15-6-4-3-5-7-15/h3-7,10-13H,2,8-9,14H2,1H3,(H,23,24). The molecule has 3 rings (SSSR count). The number of rotatable bonds is 6. The molecular formula is C20H21N3OS. The molecule has 0 atom stereocenters. The van der Waals surface area contributed by atoms with E-state index in [9.17, 15) is 4.79 Å². The number of amides is 1. The summed E-state index contributed by atoms with van der Waals surface area (Å²) in [6.45, 7) is 2.73. The largest absolute Gasteiger partial charge is 0.320 e. The average Bonchev–Trinajstić information content (AvgIpc) is 2.68. The van der Waals surface area contributed by atoms with Crippen molar-refractivity contribution in [3.8, 4) is 0 Å². The van der Waals surface area contributed by atoms with Gasteiger partial charge in [0.05, 0.1) is 11.6 Å². The number of thioether (sulfide) groups is 1. The summed E-state index contributed by atoms with van der Waals surface area (Å²) in [5, 5.41) is 4.96. The molecule has 0 saturated carbocycles. The molecule has 0 spiro atoms. The number of nitrogens with zero attached hydrogens (tertiary/aromatic N) is 2. The second-order valence-electron chi connectivity index (χ2n) is 5.78. The molecular weight excluding hydrogens is 330 g/mol. The lowest BCUT2D eigenvalue weighted by Gasteiger charge is -2.20. The van der Waals surface area contributed by atoms with Crippen LogP contribution in [0.4, 0.5) is 0 Å². The summed E-state index contributed by atoms with van der Waals surface area (Å²) in [7, 11) is 0. The van der Waals surface area contributed by atoms with Crippen molar-refractivity contribution in [1.82, 2.24) is 10.3 Å². The van der Waals surface area contributed by atoms with E-state index in [1.807, 2.05) is 42.5 Å². The maximum Gasteiger partial charge on any atom is 0.225 e. The molecule has 1 N–H and O–H groups in total. The molecule has 128 valence electrons. The zero-order valence-corrected chi connectivity index (χ0v) is 15.1. The highest BCUT2D eigenvalue weighted by molar-refractivity contribution is 8.17. The first-order valence-corrected chi connectivity index (χ1v) is 9.26. The van der Waals surface area contributed by atoms with E-state index in [2.05, 4.69) is 22.2 Å². The zero-order valence-electron chi connectivity index (χ0n) is 14.2. The van der Waals surface area contributed by atoms with Crippen molar-refractivity contribution in [2.45, 2.75) is 26.2 Å². The molecule has 0 bridgehead atoms. The second kappa shape index (κ2) is 8.62. The Hall–Kier alpha value is -2.40. The molecule has 0 fully saturated rings. The number of nitrogens with one attached hydrogen (secondary N) is 1. The van der Waals surface area contributed by atoms with E-state index in [1.165, 1.54) is 22.9 Å². The Labute approximate surface area is 152 Å². The van der Waals surface area contributed by atoms with Gasteiger partial charge < -0.3 is 5.32 Å². The minimum absolute atomic E-state index is 0.0493. The lowest BCUT2D eigenvalue weighted by Crippen LogP contribution is -2.25. The maximum absolute atomic E-state index is 12.4. The lowest BCUT2D eigenvalue weighted by molar-refractivity contribution is -0.120. The van der Waals surface area contributed by atoms with Crippen LogP contribution in [0, 0.1) is 0 Å². The molecule has 5 heteroatoms. The number of carbonyl (C=O) groups is 1. The molecule has 25 heavy (non-hydrogen) atoms. The van der Waals surface area contributed by atoms with E-state index in [1.54, 1.807) is 12.4 Å². The van der Waals surface area contributed by atoms with Crippen molar-refractivity contribution in [3.63, 3.8) is 0 Å². The molecule has 4 nitrogen and oxygen atoms in total. The molecule has 2 heterocycles. The van der Waals surface area contributed by atoms with Gasteiger partial charge in [-0.25, -0.2) is 0 Å². The Morgan fingerprint density at radius 2 is 1.92 bits per heavy atom. The van der Waals surface area contributed by atoms with Crippen LogP contribution in [0.3, 0.4) is 0 Å². The Morgan fingerprint density at radius 1 is 1.16 bits per heavy atom. The summed E-state index contributed by atoms with van der Waals surface area (Å²) >= 11 is 1.54. The number of benzene rings is 1. The van der Waals surface area contributed by atoms with Gasteiger partial charge in [0.2, 0.25) is 5.91 Å². The van der Waals surface area contributed by atoms with E-state index < -0.39 is 0 Å². The third kappa shape index (κ3) is 4.79. The number of hydrogen-bond acceptors (Lipinski definition) is 4. The van der Waals surface area contributed by atoms with Crippen molar-refractivity contribution in [3.05, 3.63) is 76.6 Å². The van der Waals surface area contributed by atoms with Crippen LogP contribution in [0.5, 0.6) is 0 Å². The van der Waals surface area contributed by atoms with Gasteiger partial charge >= 0.3 is 0 Å². The molecule has 1 aliphatic rings. The maximum atomic E-state index is 12.4. The SMILES string of the molecule is CCC1=C(NC(=O)CCc2ccccc2)SC(c2ccncc2)=NC1. The number of aryl methyl sites for hydroxylation is 1. The predicted octanol–water partition coefficient (Wildman–Crippen LogP) is 3.95. The molecule has 1 aliphatic heterocycles. The summed E-state index contributed by atoms with van der Waals surface area (Å²) in [4.78, 5) is 21.1. The Bertz CT molecular complexity index is 785. The van der Waals surface area contributed by atoms with Crippen LogP contribution in [0.1, 0.15) is 30.9 Å². The zero-order chi connectivity index (χ0) is 17.5. The van der Waals surface area contributed by atoms with Crippen LogP contribution >= 0.6 is 11.8 Å². The van der Waals surface area contributed by atoms with Gasteiger partial charge in [-0.15, -0.1) is 0 Å². The number of hydrogen-bond donors (Lipinski definition) is 1. The van der Waals surface area contributed by atoms with Crippen molar-refractivity contribution in [1.29, 1.82) is 0 Å². The van der Waals surface area contributed by atoms with Crippen LogP contribution in [0.15, 0.2) is 70.5 Å². The third-order valence-electron chi connectivity index (χ3n) is 4.02. The minimum atomic E-state index is 0.0493. The smallest absolute Gasteiger partial charge is 0.225 e. The number of aliphatic imine (C=N–C) groups is 1. The third-order valence-corrected chi connectivity index (χ3v) is 5.18. The quantitative estimate of drug-likeness (QED) is 0.857. The van der Waals surface area contributed by atoms with Crippen LogP contribution in [0.2, 0.25) is 0 Å². The number of pyridine rings is 1. The van der Waals surface area contributed by atoms with Crippen molar-refractivity contribution in [2.24, 2.45) is 4.99 Å². The summed E-state index contributed by atoms with van der Waals surface area (Å²) in [5.41, 5.74) is 3.39. The fourth-order valence-corrected chi connectivity index (χ4v) is 3.66. The highest BCUT2D eigenvalue weighted by Gasteiger charge is 2.18. The van der Waals surface area contributed by atoms with Crippen molar-refractivity contribution < 1.29 is 4.79 Å². The second-order valence-corrected chi connectivity index (χ2v) is 6.78. The first-order chi connectivity index (χ1) is 12.3. The van der Waals surface area contributed by atoms with Crippen molar-refractivity contribution in [2.75, 3.05) is 6.54 Å². The summed E-state index contributed by atoms with van der Waals surface area (Å²) in [6.07, 6.45) is 5.63. The molecule has 0 saturated heterocycles. The molecule has 2 aromatic rings.